The highest BCUT2D eigenvalue weighted by Crippen LogP contribution is 2.57. The molecule has 4 atom stereocenters. The molecule has 1 saturated heterocycles. The van der Waals surface area contributed by atoms with Crippen LogP contribution in [-0.4, -0.2) is 65.2 Å². The van der Waals surface area contributed by atoms with Gasteiger partial charge in [-0.25, -0.2) is 0 Å². The number of methoxy groups -OCH3 is 2. The van der Waals surface area contributed by atoms with Crippen molar-refractivity contribution in [3.05, 3.63) is 52.1 Å². The number of ether oxygens (including phenoxy) is 2. The number of likely N-dealkylation sites (tertiary alicyclic amines) is 1. The molecular weight excluding hydrogens is 506 g/mol. The number of nitrogens with zero attached hydrogens (tertiary/aromatic N) is 1. The fraction of sp³-hybridized carbons (Fsp3) is 0.414. The van der Waals surface area contributed by atoms with Crippen molar-refractivity contribution >= 4 is 29.4 Å². The molecule has 3 aliphatic carbocycles. The van der Waals surface area contributed by atoms with Crippen molar-refractivity contribution in [2.24, 2.45) is 17.8 Å². The average molecular weight is 536 g/mol. The van der Waals surface area contributed by atoms with Crippen LogP contribution in [0, 0.1) is 17.8 Å². The quantitative estimate of drug-likeness (QED) is 0.305. The number of carbonyl (C=O) groups is 5. The van der Waals surface area contributed by atoms with E-state index in [0.29, 0.717) is 11.3 Å². The van der Waals surface area contributed by atoms with E-state index in [0.717, 1.165) is 4.90 Å². The van der Waals surface area contributed by atoms with Gasteiger partial charge in [0.05, 0.1) is 26.1 Å². The fourth-order valence-electron chi connectivity index (χ4n) is 6.53. The van der Waals surface area contributed by atoms with Crippen LogP contribution < -0.4 is 9.47 Å². The minimum absolute atomic E-state index is 0.00281. The number of hydrogen-bond acceptors (Lipinski definition) is 8. The van der Waals surface area contributed by atoms with Crippen molar-refractivity contribution < 1.29 is 43.7 Å². The normalized spacial score (nSPS) is 26.1. The van der Waals surface area contributed by atoms with E-state index in [4.69, 9.17) is 14.6 Å². The second kappa shape index (κ2) is 9.83. The van der Waals surface area contributed by atoms with Crippen LogP contribution in [0.2, 0.25) is 0 Å². The van der Waals surface area contributed by atoms with Crippen LogP contribution in [-0.2, 0) is 24.0 Å². The molecule has 1 heterocycles. The zero-order valence-electron chi connectivity index (χ0n) is 21.9. The Balaban J connectivity index is 1.64. The number of allylic oxidation sites excluding steroid dienone is 6. The lowest BCUT2D eigenvalue weighted by atomic mass is 9.59. The number of hydrogen-bond donors (Lipinski definition) is 2. The van der Waals surface area contributed by atoms with Crippen LogP contribution in [0.25, 0.3) is 0 Å². The van der Waals surface area contributed by atoms with Crippen molar-refractivity contribution in [3.8, 4) is 17.2 Å². The highest BCUT2D eigenvalue weighted by atomic mass is 16.5. The lowest BCUT2D eigenvalue weighted by molar-refractivity contribution is -0.142. The third-order valence-electron chi connectivity index (χ3n) is 8.27. The first-order valence-electron chi connectivity index (χ1n) is 12.8. The molecule has 10 heteroatoms. The van der Waals surface area contributed by atoms with E-state index in [9.17, 15) is 29.1 Å². The van der Waals surface area contributed by atoms with Crippen LogP contribution in [0.15, 0.2) is 46.6 Å². The van der Waals surface area contributed by atoms with Gasteiger partial charge in [-0.3, -0.25) is 28.9 Å². The van der Waals surface area contributed by atoms with Gasteiger partial charge >= 0.3 is 5.97 Å². The molecule has 2 N–H and O–H groups in total. The molecule has 0 bridgehead atoms. The zero-order chi connectivity index (χ0) is 28.2. The number of imide groups is 1. The first kappa shape index (κ1) is 26.4. The summed E-state index contributed by atoms with van der Waals surface area (Å²) in [5.74, 6) is -4.87. The summed E-state index contributed by atoms with van der Waals surface area (Å²) >= 11 is 0. The van der Waals surface area contributed by atoms with E-state index in [-0.39, 0.29) is 83.5 Å². The minimum atomic E-state index is -1.01. The number of carbonyl (C=O) groups excluding carboxylic acids is 4. The number of ketones is 2. The number of aromatic hydroxyl groups is 1. The summed E-state index contributed by atoms with van der Waals surface area (Å²) in [4.78, 5) is 65.7. The number of benzene rings is 1. The smallest absolute Gasteiger partial charge is 0.303 e. The summed E-state index contributed by atoms with van der Waals surface area (Å²) in [5, 5.41) is 20.1. The van der Waals surface area contributed by atoms with E-state index in [1.165, 1.54) is 26.4 Å². The molecule has 1 aliphatic heterocycles. The fourth-order valence-corrected chi connectivity index (χ4v) is 6.53. The molecular formula is C29H29NO9. The zero-order valence-corrected chi connectivity index (χ0v) is 21.9. The summed E-state index contributed by atoms with van der Waals surface area (Å²) in [6.45, 7) is 1.57. The minimum Gasteiger partial charge on any atom is -0.507 e. The summed E-state index contributed by atoms with van der Waals surface area (Å²) in [5.41, 5.74) is 1.75. The molecule has 1 aromatic carbocycles. The Kier molecular flexibility index (Phi) is 6.65. The summed E-state index contributed by atoms with van der Waals surface area (Å²) in [6, 6.07) is 2.98. The van der Waals surface area contributed by atoms with E-state index in [1.807, 2.05) is 6.08 Å². The first-order valence-corrected chi connectivity index (χ1v) is 12.8. The lowest BCUT2D eigenvalue weighted by Crippen LogP contribution is -2.40. The Morgan fingerprint density at radius 2 is 1.82 bits per heavy atom. The van der Waals surface area contributed by atoms with Crippen LogP contribution >= 0.6 is 0 Å². The van der Waals surface area contributed by atoms with Crippen molar-refractivity contribution in [2.45, 2.75) is 38.5 Å². The molecule has 5 rings (SSSR count). The standard InChI is InChI=1S/C29H29NO9/c1-13-9-19(31)18-12-17-15(6-7-16-23(17)29(37)30(28(16)36)8-4-5-22(33)34)24(25(18)27(13)35)26-20(32)10-14(38-2)11-21(26)39-3/h6,9-11,16-17,23-24,32H,4-5,7-8,12H2,1-3H3,(H,33,34)/t16-,17+,23-,24-/m0/s1. The average Bonchev–Trinajstić information content (AvgIpc) is 3.15. The highest BCUT2D eigenvalue weighted by molar-refractivity contribution is 6.24. The largest absolute Gasteiger partial charge is 0.507 e. The van der Waals surface area contributed by atoms with Gasteiger partial charge in [-0.05, 0) is 38.2 Å². The van der Waals surface area contributed by atoms with E-state index < -0.39 is 35.5 Å². The van der Waals surface area contributed by atoms with Gasteiger partial charge in [0.2, 0.25) is 11.8 Å². The molecule has 0 aromatic heterocycles. The molecule has 2 amide bonds. The first-order chi connectivity index (χ1) is 18.6. The summed E-state index contributed by atoms with van der Waals surface area (Å²) < 4.78 is 10.9. The molecule has 204 valence electrons. The number of fused-ring (bicyclic) bond motifs is 3. The Morgan fingerprint density at radius 1 is 1.08 bits per heavy atom. The van der Waals surface area contributed by atoms with Gasteiger partial charge in [-0.15, -0.1) is 0 Å². The Labute approximate surface area is 224 Å². The maximum absolute atomic E-state index is 13.6. The van der Waals surface area contributed by atoms with Gasteiger partial charge in [0, 0.05) is 53.3 Å². The maximum atomic E-state index is 13.6. The number of amides is 2. The summed E-state index contributed by atoms with van der Waals surface area (Å²) in [7, 11) is 2.86. The number of Topliss-reactive ketones (excluding diaryl/α,β-unsaturated/α-hetero) is 1. The topological polar surface area (TPSA) is 148 Å². The van der Waals surface area contributed by atoms with Crippen LogP contribution in [0.1, 0.15) is 44.1 Å². The van der Waals surface area contributed by atoms with E-state index in [1.54, 1.807) is 13.0 Å². The van der Waals surface area contributed by atoms with Crippen LogP contribution in [0.3, 0.4) is 0 Å². The van der Waals surface area contributed by atoms with Crippen molar-refractivity contribution in [1.29, 1.82) is 0 Å². The molecule has 0 unspecified atom stereocenters. The molecule has 0 radical (unpaired) electrons. The Hall–Kier alpha value is -4.21. The van der Waals surface area contributed by atoms with Crippen LogP contribution in [0.4, 0.5) is 0 Å². The predicted molar refractivity (Wildman–Crippen MR) is 136 cm³/mol. The molecule has 39 heavy (non-hydrogen) atoms. The molecule has 0 saturated carbocycles. The highest BCUT2D eigenvalue weighted by Gasteiger charge is 2.56. The van der Waals surface area contributed by atoms with Gasteiger partial charge < -0.3 is 19.7 Å². The van der Waals surface area contributed by atoms with E-state index in [2.05, 4.69) is 0 Å². The molecule has 0 spiro atoms. The monoisotopic (exact) mass is 535 g/mol. The van der Waals surface area contributed by atoms with Gasteiger partial charge in [-0.2, -0.15) is 0 Å². The molecule has 4 aliphatic rings. The predicted octanol–water partition coefficient (Wildman–Crippen LogP) is 2.70. The van der Waals surface area contributed by atoms with Gasteiger partial charge in [0.15, 0.2) is 11.6 Å². The van der Waals surface area contributed by atoms with Crippen molar-refractivity contribution in [3.63, 3.8) is 0 Å². The molecule has 10 nitrogen and oxygen atoms in total. The molecule has 1 fully saturated rings. The maximum Gasteiger partial charge on any atom is 0.303 e. The van der Waals surface area contributed by atoms with E-state index >= 15 is 0 Å². The number of phenolic OH excluding ortho intramolecular Hbond substituents is 1. The third-order valence-corrected chi connectivity index (χ3v) is 8.27. The summed E-state index contributed by atoms with van der Waals surface area (Å²) in [6.07, 6.45) is 3.46. The van der Waals surface area contributed by atoms with Crippen LogP contribution in [0.5, 0.6) is 17.2 Å². The van der Waals surface area contributed by atoms with Gasteiger partial charge in [-0.1, -0.05) is 11.6 Å². The second-order valence-corrected chi connectivity index (χ2v) is 10.3. The Bertz CT molecular complexity index is 1420. The van der Waals surface area contributed by atoms with Gasteiger partial charge in [0.1, 0.15) is 17.2 Å². The second-order valence-electron chi connectivity index (χ2n) is 10.3. The van der Waals surface area contributed by atoms with Gasteiger partial charge in [0.25, 0.3) is 0 Å². The lowest BCUT2D eigenvalue weighted by Gasteiger charge is -2.42. The van der Waals surface area contributed by atoms with Crippen molar-refractivity contribution in [2.75, 3.05) is 20.8 Å². The third kappa shape index (κ3) is 4.14. The Morgan fingerprint density at radius 3 is 2.49 bits per heavy atom. The molecule has 1 aromatic rings. The van der Waals surface area contributed by atoms with Crippen molar-refractivity contribution in [1.82, 2.24) is 4.90 Å². The SMILES string of the molecule is COc1cc(O)c([C@H]2C3=CC[C@@H]4C(=O)N(CCCC(=O)O)C(=O)[C@@H]4[C@@H]3CC3=C2C(=O)C(C)=CC3=O)c(OC)c1. The number of carboxylic acids is 1. The number of phenols is 1. The number of aliphatic carboxylic acids is 1. The number of carboxylic acid groups (broad SMARTS) is 1. The number of rotatable bonds is 7.